The second-order valence-electron chi connectivity index (χ2n) is 4.55. The number of nitriles is 1. The van der Waals surface area contributed by atoms with Gasteiger partial charge in [-0.15, -0.1) is 0 Å². The fraction of sp³-hybridized carbons (Fsp3) is 0.267. The van der Waals surface area contributed by atoms with E-state index in [9.17, 15) is 0 Å². The molecule has 1 aromatic heterocycles. The summed E-state index contributed by atoms with van der Waals surface area (Å²) in [5.41, 5.74) is 8.58. The number of nitrogens with zero attached hydrogens (tertiary/aromatic N) is 2. The predicted octanol–water partition coefficient (Wildman–Crippen LogP) is 2.44. The Balaban J connectivity index is 2.21. The molecule has 0 radical (unpaired) electrons. The summed E-state index contributed by atoms with van der Waals surface area (Å²) in [6.45, 7) is 2.69. The highest BCUT2D eigenvalue weighted by atomic mass is 16.5. The molecule has 0 aliphatic rings. The molecule has 0 spiro atoms. The minimum Gasteiger partial charge on any atom is -0.495 e. The molecule has 0 saturated carbocycles. The van der Waals surface area contributed by atoms with Crippen molar-refractivity contribution in [2.24, 2.45) is 5.73 Å². The standard InChI is InChI=1S/C15H17N3O/c1-11(17)14-5-6-18(10-14)9-12-3-4-13(8-16)15(7-12)19-2/h3-7,10-11H,9,17H2,1-2H3. The first-order valence-electron chi connectivity index (χ1n) is 6.12. The molecule has 4 heteroatoms. The number of rotatable bonds is 4. The molecule has 1 atom stereocenters. The molecule has 0 fully saturated rings. The maximum Gasteiger partial charge on any atom is 0.136 e. The van der Waals surface area contributed by atoms with Crippen LogP contribution in [0.1, 0.15) is 29.7 Å². The molecule has 98 valence electrons. The Morgan fingerprint density at radius 1 is 1.42 bits per heavy atom. The maximum absolute atomic E-state index is 8.95. The Kier molecular flexibility index (Phi) is 3.88. The Morgan fingerprint density at radius 3 is 2.79 bits per heavy atom. The van der Waals surface area contributed by atoms with Gasteiger partial charge in [0.2, 0.25) is 0 Å². The van der Waals surface area contributed by atoms with Gasteiger partial charge in [-0.3, -0.25) is 0 Å². The SMILES string of the molecule is COc1cc(Cn2ccc(C(C)N)c2)ccc1C#N. The molecule has 1 aromatic carbocycles. The van der Waals surface area contributed by atoms with Crippen molar-refractivity contribution in [3.05, 3.63) is 53.3 Å². The van der Waals surface area contributed by atoms with Crippen molar-refractivity contribution in [1.82, 2.24) is 4.57 Å². The van der Waals surface area contributed by atoms with E-state index in [1.807, 2.05) is 37.5 Å². The van der Waals surface area contributed by atoms with Gasteiger partial charge in [-0.1, -0.05) is 6.07 Å². The summed E-state index contributed by atoms with van der Waals surface area (Å²) in [4.78, 5) is 0. The minimum atomic E-state index is 0.0387. The van der Waals surface area contributed by atoms with Crippen LogP contribution >= 0.6 is 0 Å². The molecule has 2 aromatic rings. The van der Waals surface area contributed by atoms with Crippen molar-refractivity contribution < 1.29 is 4.74 Å². The van der Waals surface area contributed by atoms with Crippen molar-refractivity contribution in [3.63, 3.8) is 0 Å². The van der Waals surface area contributed by atoms with Crippen molar-refractivity contribution in [1.29, 1.82) is 5.26 Å². The van der Waals surface area contributed by atoms with Crippen LogP contribution in [0.4, 0.5) is 0 Å². The van der Waals surface area contributed by atoms with E-state index in [0.717, 1.165) is 17.7 Å². The van der Waals surface area contributed by atoms with Crippen molar-refractivity contribution in [2.75, 3.05) is 7.11 Å². The molecule has 2 N–H and O–H groups in total. The fourth-order valence-electron chi connectivity index (χ4n) is 1.96. The lowest BCUT2D eigenvalue weighted by molar-refractivity contribution is 0.413. The van der Waals surface area contributed by atoms with Crippen LogP contribution in [0.15, 0.2) is 36.7 Å². The van der Waals surface area contributed by atoms with E-state index in [1.54, 1.807) is 13.2 Å². The molecule has 1 heterocycles. The van der Waals surface area contributed by atoms with Gasteiger partial charge in [0.1, 0.15) is 11.8 Å². The van der Waals surface area contributed by atoms with Gasteiger partial charge in [-0.25, -0.2) is 0 Å². The van der Waals surface area contributed by atoms with Gasteiger partial charge in [0.05, 0.1) is 12.7 Å². The summed E-state index contributed by atoms with van der Waals surface area (Å²) >= 11 is 0. The Hall–Kier alpha value is -2.25. The molecule has 0 amide bonds. The second-order valence-corrected chi connectivity index (χ2v) is 4.55. The first-order valence-corrected chi connectivity index (χ1v) is 6.12. The Labute approximate surface area is 113 Å². The summed E-state index contributed by atoms with van der Waals surface area (Å²) in [6, 6.07) is 9.78. The third-order valence-electron chi connectivity index (χ3n) is 3.05. The van der Waals surface area contributed by atoms with Gasteiger partial charge in [0.15, 0.2) is 0 Å². The van der Waals surface area contributed by atoms with Gasteiger partial charge < -0.3 is 15.0 Å². The maximum atomic E-state index is 8.95. The summed E-state index contributed by atoms with van der Waals surface area (Å²) in [5, 5.41) is 8.95. The zero-order valence-corrected chi connectivity index (χ0v) is 11.1. The number of ether oxygens (including phenoxy) is 1. The van der Waals surface area contributed by atoms with Gasteiger partial charge in [-0.05, 0) is 36.2 Å². The monoisotopic (exact) mass is 255 g/mol. The van der Waals surface area contributed by atoms with Gasteiger partial charge in [0, 0.05) is 25.0 Å². The van der Waals surface area contributed by atoms with Crippen LogP contribution in [0.3, 0.4) is 0 Å². The zero-order valence-electron chi connectivity index (χ0n) is 11.1. The number of nitrogens with two attached hydrogens (primary N) is 1. The smallest absolute Gasteiger partial charge is 0.136 e. The number of methoxy groups -OCH3 is 1. The van der Waals surface area contributed by atoms with Gasteiger partial charge >= 0.3 is 0 Å². The first-order chi connectivity index (χ1) is 9.13. The van der Waals surface area contributed by atoms with Gasteiger partial charge in [0.25, 0.3) is 0 Å². The lowest BCUT2D eigenvalue weighted by atomic mass is 10.1. The van der Waals surface area contributed by atoms with Crippen LogP contribution in [0.2, 0.25) is 0 Å². The summed E-state index contributed by atoms with van der Waals surface area (Å²) < 4.78 is 7.28. The van der Waals surface area contributed by atoms with Crippen molar-refractivity contribution >= 4 is 0 Å². The lowest BCUT2D eigenvalue weighted by Crippen LogP contribution is -2.04. The molecule has 0 aliphatic carbocycles. The van der Waals surface area contributed by atoms with E-state index < -0.39 is 0 Å². The number of aromatic nitrogens is 1. The van der Waals surface area contributed by atoms with Crippen LogP contribution in [-0.2, 0) is 6.54 Å². The van der Waals surface area contributed by atoms with E-state index in [-0.39, 0.29) is 6.04 Å². The lowest BCUT2D eigenvalue weighted by Gasteiger charge is -2.07. The Morgan fingerprint density at radius 2 is 2.21 bits per heavy atom. The van der Waals surface area contributed by atoms with Crippen LogP contribution in [-0.4, -0.2) is 11.7 Å². The predicted molar refractivity (Wildman–Crippen MR) is 73.8 cm³/mol. The molecular weight excluding hydrogens is 238 g/mol. The van der Waals surface area contributed by atoms with Crippen LogP contribution in [0.25, 0.3) is 0 Å². The first kappa shape index (κ1) is 13.2. The number of hydrogen-bond donors (Lipinski definition) is 1. The average molecular weight is 255 g/mol. The summed E-state index contributed by atoms with van der Waals surface area (Å²) in [6.07, 6.45) is 4.04. The topological polar surface area (TPSA) is 64.0 Å². The molecular formula is C15H17N3O. The van der Waals surface area contributed by atoms with E-state index >= 15 is 0 Å². The largest absolute Gasteiger partial charge is 0.495 e. The summed E-state index contributed by atoms with van der Waals surface area (Å²) in [5.74, 6) is 0.611. The quantitative estimate of drug-likeness (QED) is 0.912. The highest BCUT2D eigenvalue weighted by Gasteiger charge is 2.05. The Bertz CT molecular complexity index is 608. The van der Waals surface area contributed by atoms with E-state index in [2.05, 4.69) is 10.6 Å². The summed E-state index contributed by atoms with van der Waals surface area (Å²) in [7, 11) is 1.57. The third-order valence-corrected chi connectivity index (χ3v) is 3.05. The second kappa shape index (κ2) is 5.59. The zero-order chi connectivity index (χ0) is 13.8. The van der Waals surface area contributed by atoms with Crippen molar-refractivity contribution in [3.8, 4) is 11.8 Å². The fourth-order valence-corrected chi connectivity index (χ4v) is 1.96. The third kappa shape index (κ3) is 2.95. The van der Waals surface area contributed by atoms with Crippen LogP contribution < -0.4 is 10.5 Å². The molecule has 2 rings (SSSR count). The van der Waals surface area contributed by atoms with Crippen molar-refractivity contribution in [2.45, 2.75) is 19.5 Å². The molecule has 0 saturated heterocycles. The van der Waals surface area contributed by atoms with E-state index in [1.165, 1.54) is 0 Å². The molecule has 1 unspecified atom stereocenters. The molecule has 0 bridgehead atoms. The highest BCUT2D eigenvalue weighted by molar-refractivity contribution is 5.45. The highest BCUT2D eigenvalue weighted by Crippen LogP contribution is 2.20. The average Bonchev–Trinajstić information content (AvgIpc) is 2.87. The van der Waals surface area contributed by atoms with Gasteiger partial charge in [-0.2, -0.15) is 5.26 Å². The number of hydrogen-bond acceptors (Lipinski definition) is 3. The van der Waals surface area contributed by atoms with E-state index in [4.69, 9.17) is 15.7 Å². The number of benzene rings is 1. The minimum absolute atomic E-state index is 0.0387. The molecule has 19 heavy (non-hydrogen) atoms. The van der Waals surface area contributed by atoms with Crippen LogP contribution in [0.5, 0.6) is 5.75 Å². The molecule has 4 nitrogen and oxygen atoms in total. The molecule has 0 aliphatic heterocycles. The van der Waals surface area contributed by atoms with E-state index in [0.29, 0.717) is 11.3 Å². The van der Waals surface area contributed by atoms with Crippen LogP contribution in [0, 0.1) is 11.3 Å². The normalized spacial score (nSPS) is 11.9.